The van der Waals surface area contributed by atoms with Gasteiger partial charge in [0.2, 0.25) is 0 Å². The Labute approximate surface area is 115 Å². The van der Waals surface area contributed by atoms with E-state index in [1.54, 1.807) is 0 Å². The van der Waals surface area contributed by atoms with Gasteiger partial charge >= 0.3 is 6.18 Å². The zero-order valence-electron chi connectivity index (χ0n) is 9.62. The maximum absolute atomic E-state index is 12.4. The average molecular weight is 342 g/mol. The second-order valence-electron chi connectivity index (χ2n) is 3.65. The summed E-state index contributed by atoms with van der Waals surface area (Å²) < 4.78 is 37.5. The Hall–Kier alpha value is -1.35. The van der Waals surface area contributed by atoms with Crippen LogP contribution < -0.4 is 5.73 Å². The Morgan fingerprint density at radius 1 is 1.53 bits per heavy atom. The van der Waals surface area contributed by atoms with Crippen LogP contribution in [-0.4, -0.2) is 46.8 Å². The summed E-state index contributed by atoms with van der Waals surface area (Å²) in [4.78, 5) is 16.1. The largest absolute Gasteiger partial charge is 0.406 e. The van der Waals surface area contributed by atoms with Gasteiger partial charge in [0, 0.05) is 17.2 Å². The maximum atomic E-state index is 12.4. The molecule has 0 spiro atoms. The number of halogens is 4. The molecule has 0 unspecified atom stereocenters. The number of amides is 1. The van der Waals surface area contributed by atoms with Crippen molar-refractivity contribution in [3.05, 3.63) is 22.3 Å². The summed E-state index contributed by atoms with van der Waals surface area (Å²) in [6.07, 6.45) is -3.23. The van der Waals surface area contributed by atoms with Crippen molar-refractivity contribution in [2.45, 2.75) is 6.18 Å². The average Bonchev–Trinajstić information content (AvgIpc) is 2.29. The summed E-state index contributed by atoms with van der Waals surface area (Å²) in [6, 6.07) is 1.28. The number of nitrogens with zero attached hydrogens (tertiary/aromatic N) is 2. The molecule has 19 heavy (non-hydrogen) atoms. The number of carbonyl (C=O) groups excluding carboxylic acids is 1. The number of carbonyl (C=O) groups is 1. The van der Waals surface area contributed by atoms with Gasteiger partial charge in [-0.15, -0.1) is 0 Å². The normalized spacial score (nSPS) is 11.4. The minimum atomic E-state index is -4.56. The number of aliphatic hydroxyl groups is 1. The Bertz CT molecular complexity index is 468. The number of pyridine rings is 1. The molecule has 3 N–H and O–H groups in total. The fourth-order valence-corrected chi connectivity index (χ4v) is 1.71. The Morgan fingerprint density at radius 2 is 2.16 bits per heavy atom. The molecular formula is C10H11BrF3N3O2. The van der Waals surface area contributed by atoms with E-state index < -0.39 is 31.8 Å². The number of rotatable bonds is 4. The number of nitrogens with two attached hydrogens (primary N) is 1. The molecule has 0 aliphatic heterocycles. The van der Waals surface area contributed by atoms with Gasteiger partial charge in [0.05, 0.1) is 12.2 Å². The van der Waals surface area contributed by atoms with Gasteiger partial charge in [-0.25, -0.2) is 4.98 Å². The fourth-order valence-electron chi connectivity index (χ4n) is 1.38. The molecule has 1 aromatic rings. The first-order valence-electron chi connectivity index (χ1n) is 5.12. The van der Waals surface area contributed by atoms with E-state index in [-0.39, 0.29) is 11.4 Å². The Morgan fingerprint density at radius 3 is 2.68 bits per heavy atom. The van der Waals surface area contributed by atoms with E-state index in [1.807, 2.05) is 0 Å². The van der Waals surface area contributed by atoms with Crippen LogP contribution in [0.15, 0.2) is 16.7 Å². The summed E-state index contributed by atoms with van der Waals surface area (Å²) in [6.45, 7) is -2.48. The van der Waals surface area contributed by atoms with E-state index in [2.05, 4.69) is 20.9 Å². The van der Waals surface area contributed by atoms with Crippen molar-refractivity contribution in [1.29, 1.82) is 0 Å². The third kappa shape index (κ3) is 4.67. The lowest BCUT2D eigenvalue weighted by Crippen LogP contribution is -2.41. The highest BCUT2D eigenvalue weighted by molar-refractivity contribution is 9.10. The highest BCUT2D eigenvalue weighted by atomic mass is 79.9. The van der Waals surface area contributed by atoms with E-state index in [0.29, 0.717) is 9.37 Å². The summed E-state index contributed by atoms with van der Waals surface area (Å²) >= 11 is 3.05. The smallest absolute Gasteiger partial charge is 0.395 e. The first kappa shape index (κ1) is 15.7. The van der Waals surface area contributed by atoms with E-state index in [4.69, 9.17) is 10.8 Å². The summed E-state index contributed by atoms with van der Waals surface area (Å²) in [5, 5.41) is 8.74. The molecule has 0 radical (unpaired) electrons. The number of hydrogen-bond acceptors (Lipinski definition) is 4. The summed E-state index contributed by atoms with van der Waals surface area (Å²) in [5.41, 5.74) is 5.32. The first-order valence-corrected chi connectivity index (χ1v) is 5.92. The highest BCUT2D eigenvalue weighted by Crippen LogP contribution is 2.21. The number of nitrogen functional groups attached to an aromatic ring is 1. The number of aliphatic hydroxyl groups excluding tert-OH is 1. The van der Waals surface area contributed by atoms with Crippen molar-refractivity contribution in [3.8, 4) is 0 Å². The minimum absolute atomic E-state index is 0.146. The zero-order chi connectivity index (χ0) is 14.6. The molecule has 0 saturated heterocycles. The Balaban J connectivity index is 3.02. The van der Waals surface area contributed by atoms with Crippen LogP contribution in [0.5, 0.6) is 0 Å². The second kappa shape index (κ2) is 6.20. The number of aromatic nitrogens is 1. The molecule has 0 aliphatic carbocycles. The molecule has 0 aromatic carbocycles. The van der Waals surface area contributed by atoms with Crippen LogP contribution in [0.1, 0.15) is 10.4 Å². The van der Waals surface area contributed by atoms with E-state index in [1.165, 1.54) is 12.3 Å². The van der Waals surface area contributed by atoms with E-state index in [9.17, 15) is 18.0 Å². The van der Waals surface area contributed by atoms with Crippen molar-refractivity contribution in [2.75, 3.05) is 25.4 Å². The van der Waals surface area contributed by atoms with Crippen molar-refractivity contribution in [2.24, 2.45) is 0 Å². The maximum Gasteiger partial charge on any atom is 0.406 e. The standard InChI is InChI=1S/C10H11BrF3N3O2/c11-6-3-7(8(15)16-4-6)9(19)17(1-2-18)5-10(12,13)14/h3-4,18H,1-2,5H2,(H2,15,16). The summed E-state index contributed by atoms with van der Waals surface area (Å²) in [7, 11) is 0. The fraction of sp³-hybridized carbons (Fsp3) is 0.400. The number of hydrogen-bond donors (Lipinski definition) is 2. The van der Waals surface area contributed by atoms with Crippen molar-refractivity contribution >= 4 is 27.7 Å². The van der Waals surface area contributed by atoms with Gasteiger partial charge in [-0.2, -0.15) is 13.2 Å². The second-order valence-corrected chi connectivity index (χ2v) is 4.57. The van der Waals surface area contributed by atoms with Crippen LogP contribution in [0.4, 0.5) is 19.0 Å². The van der Waals surface area contributed by atoms with Gasteiger partial charge in [-0.1, -0.05) is 0 Å². The predicted octanol–water partition coefficient (Wildman–Crippen LogP) is 1.42. The minimum Gasteiger partial charge on any atom is -0.395 e. The lowest BCUT2D eigenvalue weighted by Gasteiger charge is -2.23. The van der Waals surface area contributed by atoms with Crippen molar-refractivity contribution in [3.63, 3.8) is 0 Å². The van der Waals surface area contributed by atoms with E-state index >= 15 is 0 Å². The molecule has 1 amide bonds. The van der Waals surface area contributed by atoms with Gasteiger partial charge in [0.1, 0.15) is 12.4 Å². The van der Waals surface area contributed by atoms with Crippen LogP contribution in [-0.2, 0) is 0 Å². The van der Waals surface area contributed by atoms with Gasteiger partial charge in [0.25, 0.3) is 5.91 Å². The van der Waals surface area contributed by atoms with Gasteiger partial charge < -0.3 is 15.7 Å². The van der Waals surface area contributed by atoms with Crippen LogP contribution in [0.2, 0.25) is 0 Å². The highest BCUT2D eigenvalue weighted by Gasteiger charge is 2.33. The van der Waals surface area contributed by atoms with Crippen LogP contribution in [0.25, 0.3) is 0 Å². The lowest BCUT2D eigenvalue weighted by molar-refractivity contribution is -0.141. The van der Waals surface area contributed by atoms with Crippen LogP contribution in [0.3, 0.4) is 0 Å². The molecule has 0 saturated carbocycles. The molecule has 0 atom stereocenters. The monoisotopic (exact) mass is 341 g/mol. The van der Waals surface area contributed by atoms with Gasteiger partial charge in [0.15, 0.2) is 0 Å². The third-order valence-electron chi connectivity index (χ3n) is 2.14. The topological polar surface area (TPSA) is 79.5 Å². The Kier molecular flexibility index (Phi) is 5.12. The molecule has 9 heteroatoms. The number of anilines is 1. The molecular weight excluding hydrogens is 331 g/mol. The van der Waals surface area contributed by atoms with Crippen molar-refractivity contribution < 1.29 is 23.1 Å². The van der Waals surface area contributed by atoms with E-state index in [0.717, 1.165) is 0 Å². The van der Waals surface area contributed by atoms with Crippen LogP contribution >= 0.6 is 15.9 Å². The molecule has 1 rings (SSSR count). The predicted molar refractivity (Wildman–Crippen MR) is 65.4 cm³/mol. The van der Waals surface area contributed by atoms with Crippen molar-refractivity contribution in [1.82, 2.24) is 9.88 Å². The molecule has 1 aromatic heterocycles. The quantitative estimate of drug-likeness (QED) is 0.868. The van der Waals surface area contributed by atoms with Gasteiger partial charge in [-0.05, 0) is 22.0 Å². The number of alkyl halides is 3. The van der Waals surface area contributed by atoms with Crippen LogP contribution in [0, 0.1) is 0 Å². The third-order valence-corrected chi connectivity index (χ3v) is 2.58. The van der Waals surface area contributed by atoms with Gasteiger partial charge in [-0.3, -0.25) is 4.79 Å². The molecule has 0 fully saturated rings. The SMILES string of the molecule is Nc1ncc(Br)cc1C(=O)N(CCO)CC(F)(F)F. The molecule has 0 aliphatic rings. The molecule has 106 valence electrons. The lowest BCUT2D eigenvalue weighted by atomic mass is 10.2. The molecule has 5 nitrogen and oxygen atoms in total. The zero-order valence-corrected chi connectivity index (χ0v) is 11.2. The molecule has 0 bridgehead atoms. The first-order chi connectivity index (χ1) is 8.74. The molecule has 1 heterocycles. The summed E-state index contributed by atoms with van der Waals surface area (Å²) in [5.74, 6) is -1.10.